The summed E-state index contributed by atoms with van der Waals surface area (Å²) in [5.41, 5.74) is -1.98. The van der Waals surface area contributed by atoms with Crippen molar-refractivity contribution >= 4 is 0 Å². The molecule has 0 bridgehead atoms. The fourth-order valence-corrected chi connectivity index (χ4v) is 3.96. The van der Waals surface area contributed by atoms with Crippen LogP contribution < -0.4 is 0 Å². The quantitative estimate of drug-likeness (QED) is 0.511. The molecule has 1 aliphatic heterocycles. The van der Waals surface area contributed by atoms with Gasteiger partial charge in [0, 0.05) is 12.5 Å². The summed E-state index contributed by atoms with van der Waals surface area (Å²) >= 11 is 0. The fourth-order valence-electron chi connectivity index (χ4n) is 3.96. The van der Waals surface area contributed by atoms with Crippen molar-refractivity contribution in [2.45, 2.75) is 31.3 Å². The summed E-state index contributed by atoms with van der Waals surface area (Å²) < 4.78 is 96.9. The molecule has 0 radical (unpaired) electrons. The highest BCUT2D eigenvalue weighted by molar-refractivity contribution is 5.33. The van der Waals surface area contributed by atoms with Gasteiger partial charge in [0.15, 0.2) is 0 Å². The molecule has 2 atom stereocenters. The third-order valence-corrected chi connectivity index (χ3v) is 5.48. The van der Waals surface area contributed by atoms with E-state index in [4.69, 9.17) is 4.74 Å². The molecule has 3 rings (SSSR count). The van der Waals surface area contributed by atoms with E-state index in [0.29, 0.717) is 18.7 Å². The Labute approximate surface area is 175 Å². The molecule has 1 unspecified atom stereocenters. The van der Waals surface area contributed by atoms with Crippen LogP contribution in [0.4, 0.5) is 30.7 Å². The van der Waals surface area contributed by atoms with Crippen LogP contribution in [0.3, 0.4) is 0 Å². The van der Waals surface area contributed by atoms with Gasteiger partial charge in [0.1, 0.15) is 5.82 Å². The number of nitrogens with zero attached hydrogens (tertiary/aromatic N) is 1. The molecule has 2 aromatic rings. The van der Waals surface area contributed by atoms with Gasteiger partial charge in [-0.1, -0.05) is 12.1 Å². The van der Waals surface area contributed by atoms with Crippen molar-refractivity contribution in [1.82, 2.24) is 4.90 Å². The van der Waals surface area contributed by atoms with Crippen molar-refractivity contribution < 1.29 is 35.5 Å². The molecule has 1 heterocycles. The zero-order valence-corrected chi connectivity index (χ0v) is 16.7. The van der Waals surface area contributed by atoms with Gasteiger partial charge in [-0.2, -0.15) is 26.3 Å². The number of piperidine rings is 1. The van der Waals surface area contributed by atoms with Crippen molar-refractivity contribution in [2.24, 2.45) is 5.92 Å². The summed E-state index contributed by atoms with van der Waals surface area (Å²) in [5, 5.41) is 0. The normalized spacial score (nSPS) is 20.8. The maximum absolute atomic E-state index is 13.2. The minimum Gasteiger partial charge on any atom is -0.376 e. The molecule has 0 amide bonds. The predicted octanol–water partition coefficient (Wildman–Crippen LogP) is 6.12. The van der Waals surface area contributed by atoms with E-state index in [-0.39, 0.29) is 42.5 Å². The molecule has 0 saturated carbocycles. The number of benzene rings is 2. The van der Waals surface area contributed by atoms with Crippen molar-refractivity contribution in [3.63, 3.8) is 0 Å². The standard InChI is InChI=1S/C22H22F7NO/c1-30-7-6-20(15-2-4-19(23)5-3-15)16(11-30)13-31-12-14-8-17(21(24,25)26)10-18(9-14)22(27,28)29/h2-5,8-10,16,20H,6-7,11-13H2,1H3/t16?,20-/m0/s1. The lowest BCUT2D eigenvalue weighted by molar-refractivity contribution is -0.143. The summed E-state index contributed by atoms with van der Waals surface area (Å²) in [7, 11) is 1.93. The molecule has 170 valence electrons. The van der Waals surface area contributed by atoms with E-state index in [1.54, 1.807) is 12.1 Å². The number of likely N-dealkylation sites (tertiary alicyclic amines) is 1. The second-order valence-electron chi connectivity index (χ2n) is 7.90. The molecule has 1 saturated heterocycles. The zero-order chi connectivity index (χ0) is 22.8. The number of ether oxygens (including phenoxy) is 1. The molecule has 0 N–H and O–H groups in total. The summed E-state index contributed by atoms with van der Waals surface area (Å²) in [6.07, 6.45) is -9.00. The summed E-state index contributed by atoms with van der Waals surface area (Å²) in [6, 6.07) is 7.59. The first-order valence-electron chi connectivity index (χ1n) is 9.73. The second kappa shape index (κ2) is 9.16. The van der Waals surface area contributed by atoms with Crippen LogP contribution in [0.25, 0.3) is 0 Å². The van der Waals surface area contributed by atoms with Gasteiger partial charge in [0.05, 0.1) is 24.3 Å². The van der Waals surface area contributed by atoms with Gasteiger partial charge in [0.25, 0.3) is 0 Å². The third-order valence-electron chi connectivity index (χ3n) is 5.48. The van der Waals surface area contributed by atoms with E-state index in [9.17, 15) is 30.7 Å². The molecule has 0 aliphatic carbocycles. The summed E-state index contributed by atoms with van der Waals surface area (Å²) in [5.74, 6) is -0.323. The minimum atomic E-state index is -4.89. The Kier molecular flexibility index (Phi) is 6.95. The number of hydrogen-bond acceptors (Lipinski definition) is 2. The van der Waals surface area contributed by atoms with Crippen LogP contribution in [0, 0.1) is 11.7 Å². The van der Waals surface area contributed by atoms with Crippen molar-refractivity contribution in [1.29, 1.82) is 0 Å². The summed E-state index contributed by atoms with van der Waals surface area (Å²) in [6.45, 7) is 1.26. The van der Waals surface area contributed by atoms with E-state index in [1.165, 1.54) is 12.1 Å². The van der Waals surface area contributed by atoms with Crippen molar-refractivity contribution in [2.75, 3.05) is 26.7 Å². The average molecular weight is 449 g/mol. The lowest BCUT2D eigenvalue weighted by Crippen LogP contribution is -2.39. The maximum Gasteiger partial charge on any atom is 0.416 e. The van der Waals surface area contributed by atoms with Gasteiger partial charge >= 0.3 is 12.4 Å². The maximum atomic E-state index is 13.2. The summed E-state index contributed by atoms with van der Waals surface area (Å²) in [4.78, 5) is 2.08. The highest BCUT2D eigenvalue weighted by atomic mass is 19.4. The first kappa shape index (κ1) is 23.5. The number of halogens is 7. The zero-order valence-electron chi connectivity index (χ0n) is 16.7. The molecule has 31 heavy (non-hydrogen) atoms. The largest absolute Gasteiger partial charge is 0.416 e. The van der Waals surface area contributed by atoms with E-state index in [0.717, 1.165) is 18.5 Å². The second-order valence-corrected chi connectivity index (χ2v) is 7.90. The van der Waals surface area contributed by atoms with Gasteiger partial charge in [-0.3, -0.25) is 0 Å². The Morgan fingerprint density at radius 3 is 2.06 bits per heavy atom. The van der Waals surface area contributed by atoms with Gasteiger partial charge in [0.2, 0.25) is 0 Å². The van der Waals surface area contributed by atoms with E-state index >= 15 is 0 Å². The topological polar surface area (TPSA) is 12.5 Å². The predicted molar refractivity (Wildman–Crippen MR) is 101 cm³/mol. The molecular formula is C22H22F7NO. The van der Waals surface area contributed by atoms with Crippen LogP contribution >= 0.6 is 0 Å². The lowest BCUT2D eigenvalue weighted by Gasteiger charge is -2.37. The van der Waals surface area contributed by atoms with Crippen LogP contribution in [0.5, 0.6) is 0 Å². The van der Waals surface area contributed by atoms with Crippen molar-refractivity contribution in [3.05, 3.63) is 70.5 Å². The smallest absolute Gasteiger partial charge is 0.376 e. The Hall–Kier alpha value is -2.13. The van der Waals surface area contributed by atoms with E-state index < -0.39 is 23.5 Å². The molecule has 9 heteroatoms. The Bertz CT molecular complexity index is 845. The Morgan fingerprint density at radius 1 is 0.935 bits per heavy atom. The SMILES string of the molecule is CN1CC[C@@H](c2ccc(F)cc2)C(COCc2cc(C(F)(F)F)cc(C(F)(F)F)c2)C1. The minimum absolute atomic E-state index is 0.0305. The molecule has 1 fully saturated rings. The number of hydrogen-bond donors (Lipinski definition) is 0. The molecular weight excluding hydrogens is 427 g/mol. The Balaban J connectivity index is 1.73. The molecule has 2 aromatic carbocycles. The number of rotatable bonds is 5. The lowest BCUT2D eigenvalue weighted by atomic mass is 9.81. The van der Waals surface area contributed by atoms with Gasteiger partial charge in [-0.05, 0) is 67.4 Å². The highest BCUT2D eigenvalue weighted by Crippen LogP contribution is 2.37. The average Bonchev–Trinajstić information content (AvgIpc) is 2.67. The van der Waals surface area contributed by atoms with Crippen LogP contribution in [-0.2, 0) is 23.7 Å². The van der Waals surface area contributed by atoms with Gasteiger partial charge in [-0.25, -0.2) is 4.39 Å². The van der Waals surface area contributed by atoms with Crippen molar-refractivity contribution in [3.8, 4) is 0 Å². The number of alkyl halides is 6. The molecule has 0 spiro atoms. The highest BCUT2D eigenvalue weighted by Gasteiger charge is 2.37. The monoisotopic (exact) mass is 449 g/mol. The first-order chi connectivity index (χ1) is 14.4. The van der Waals surface area contributed by atoms with Crippen LogP contribution in [0.1, 0.15) is 34.6 Å². The van der Waals surface area contributed by atoms with E-state index in [1.807, 2.05) is 7.05 Å². The van der Waals surface area contributed by atoms with Crippen LogP contribution in [0.2, 0.25) is 0 Å². The molecule has 0 aromatic heterocycles. The van der Waals surface area contributed by atoms with Crippen LogP contribution in [-0.4, -0.2) is 31.6 Å². The third kappa shape index (κ3) is 6.20. The fraction of sp³-hybridized carbons (Fsp3) is 0.455. The Morgan fingerprint density at radius 2 is 1.52 bits per heavy atom. The first-order valence-corrected chi connectivity index (χ1v) is 9.73. The van der Waals surface area contributed by atoms with E-state index in [2.05, 4.69) is 4.90 Å². The van der Waals surface area contributed by atoms with Crippen LogP contribution in [0.15, 0.2) is 42.5 Å². The van der Waals surface area contributed by atoms with Gasteiger partial charge < -0.3 is 9.64 Å². The van der Waals surface area contributed by atoms with Gasteiger partial charge in [-0.15, -0.1) is 0 Å². The molecule has 2 nitrogen and oxygen atoms in total. The molecule has 1 aliphatic rings.